The fraction of sp³-hybridized carbons (Fsp3) is 0.846. The highest BCUT2D eigenvalue weighted by Gasteiger charge is 2.58. The molecule has 3 fully saturated rings. The highest BCUT2D eigenvalue weighted by atomic mass is 16.4. The van der Waals surface area contributed by atoms with Crippen LogP contribution in [0.2, 0.25) is 0 Å². The Morgan fingerprint density at radius 1 is 1.18 bits per heavy atom. The SMILES string of the molecule is C[C@@H]1CN(C(=O)C2C3CCCC32)C[C@H]1C(=O)O. The van der Waals surface area contributed by atoms with E-state index in [1.54, 1.807) is 4.90 Å². The van der Waals surface area contributed by atoms with Gasteiger partial charge in [0.1, 0.15) is 0 Å². The molecule has 2 aliphatic carbocycles. The highest BCUT2D eigenvalue weighted by Crippen LogP contribution is 2.58. The first-order valence-electron chi connectivity index (χ1n) is 6.61. The lowest BCUT2D eigenvalue weighted by atomic mass is 9.99. The average Bonchev–Trinajstić information content (AvgIpc) is 2.67. The molecule has 1 amide bonds. The lowest BCUT2D eigenvalue weighted by Crippen LogP contribution is -2.32. The van der Waals surface area contributed by atoms with Crippen molar-refractivity contribution in [3.63, 3.8) is 0 Å². The number of rotatable bonds is 2. The number of carbonyl (C=O) groups excluding carboxylic acids is 1. The van der Waals surface area contributed by atoms with Gasteiger partial charge in [-0.1, -0.05) is 13.3 Å². The van der Waals surface area contributed by atoms with Crippen molar-refractivity contribution >= 4 is 11.9 Å². The predicted octanol–water partition coefficient (Wildman–Crippen LogP) is 1.21. The van der Waals surface area contributed by atoms with Crippen LogP contribution in [0, 0.1) is 29.6 Å². The monoisotopic (exact) mass is 237 g/mol. The fourth-order valence-corrected chi connectivity index (χ4v) is 3.87. The molecule has 3 rings (SSSR count). The van der Waals surface area contributed by atoms with Crippen molar-refractivity contribution < 1.29 is 14.7 Å². The highest BCUT2D eigenvalue weighted by molar-refractivity contribution is 5.84. The van der Waals surface area contributed by atoms with Crippen LogP contribution in [-0.2, 0) is 9.59 Å². The number of carboxylic acids is 1. The second-order valence-electron chi connectivity index (χ2n) is 5.95. The Kier molecular flexibility index (Phi) is 2.42. The summed E-state index contributed by atoms with van der Waals surface area (Å²) in [5.74, 6) is 0.693. The van der Waals surface area contributed by atoms with Crippen LogP contribution in [0.5, 0.6) is 0 Å². The lowest BCUT2D eigenvalue weighted by molar-refractivity contribution is -0.142. The van der Waals surface area contributed by atoms with Gasteiger partial charge >= 0.3 is 5.97 Å². The molecule has 0 radical (unpaired) electrons. The molecule has 2 saturated carbocycles. The molecule has 94 valence electrons. The first kappa shape index (κ1) is 11.1. The van der Waals surface area contributed by atoms with E-state index in [0.717, 1.165) is 0 Å². The van der Waals surface area contributed by atoms with E-state index in [1.165, 1.54) is 19.3 Å². The number of amides is 1. The van der Waals surface area contributed by atoms with E-state index in [0.29, 0.717) is 24.9 Å². The Balaban J connectivity index is 1.63. The van der Waals surface area contributed by atoms with Crippen molar-refractivity contribution in [1.29, 1.82) is 0 Å². The van der Waals surface area contributed by atoms with Gasteiger partial charge in [0.05, 0.1) is 5.92 Å². The van der Waals surface area contributed by atoms with Gasteiger partial charge in [-0.2, -0.15) is 0 Å². The van der Waals surface area contributed by atoms with Crippen LogP contribution >= 0.6 is 0 Å². The van der Waals surface area contributed by atoms with Gasteiger partial charge in [-0.3, -0.25) is 9.59 Å². The third-order valence-corrected chi connectivity index (χ3v) is 4.93. The Bertz CT molecular complexity index is 358. The van der Waals surface area contributed by atoms with Crippen molar-refractivity contribution in [2.75, 3.05) is 13.1 Å². The van der Waals surface area contributed by atoms with Crippen molar-refractivity contribution in [3.05, 3.63) is 0 Å². The van der Waals surface area contributed by atoms with Crippen molar-refractivity contribution in [2.45, 2.75) is 26.2 Å². The quantitative estimate of drug-likeness (QED) is 0.785. The van der Waals surface area contributed by atoms with Crippen LogP contribution in [0.15, 0.2) is 0 Å². The molecule has 1 saturated heterocycles. The van der Waals surface area contributed by atoms with E-state index in [1.807, 2.05) is 6.92 Å². The smallest absolute Gasteiger partial charge is 0.308 e. The van der Waals surface area contributed by atoms with Crippen molar-refractivity contribution in [2.24, 2.45) is 29.6 Å². The van der Waals surface area contributed by atoms with Crippen molar-refractivity contribution in [3.8, 4) is 0 Å². The maximum absolute atomic E-state index is 12.3. The Hall–Kier alpha value is -1.06. The topological polar surface area (TPSA) is 57.6 Å². The third kappa shape index (κ3) is 1.65. The third-order valence-electron chi connectivity index (χ3n) is 4.93. The van der Waals surface area contributed by atoms with Crippen LogP contribution < -0.4 is 0 Å². The molecule has 0 spiro atoms. The zero-order chi connectivity index (χ0) is 12.2. The summed E-state index contributed by atoms with van der Waals surface area (Å²) in [6.45, 7) is 2.98. The Morgan fingerprint density at radius 2 is 1.82 bits per heavy atom. The molecule has 3 aliphatic rings. The molecule has 0 bridgehead atoms. The van der Waals surface area contributed by atoms with Crippen LogP contribution in [0.1, 0.15) is 26.2 Å². The van der Waals surface area contributed by atoms with Gasteiger partial charge in [-0.05, 0) is 30.6 Å². The molecule has 2 unspecified atom stereocenters. The van der Waals surface area contributed by atoms with E-state index in [9.17, 15) is 9.59 Å². The summed E-state index contributed by atoms with van der Waals surface area (Å²) < 4.78 is 0. The molecule has 0 aromatic carbocycles. The fourth-order valence-electron chi connectivity index (χ4n) is 3.87. The van der Waals surface area contributed by atoms with Gasteiger partial charge in [-0.25, -0.2) is 0 Å². The van der Waals surface area contributed by atoms with E-state index >= 15 is 0 Å². The number of hydrogen-bond acceptors (Lipinski definition) is 2. The summed E-state index contributed by atoms with van der Waals surface area (Å²) in [4.78, 5) is 25.1. The number of likely N-dealkylation sites (tertiary alicyclic amines) is 1. The first-order chi connectivity index (χ1) is 8.09. The molecule has 17 heavy (non-hydrogen) atoms. The van der Waals surface area contributed by atoms with Crippen LogP contribution in [0.3, 0.4) is 0 Å². The molecule has 4 heteroatoms. The van der Waals surface area contributed by atoms with Crippen LogP contribution in [0.4, 0.5) is 0 Å². The molecule has 1 aliphatic heterocycles. The summed E-state index contributed by atoms with van der Waals surface area (Å²) in [5.41, 5.74) is 0. The molecule has 1 N–H and O–H groups in total. The summed E-state index contributed by atoms with van der Waals surface area (Å²) in [5, 5.41) is 9.06. The second-order valence-corrected chi connectivity index (χ2v) is 5.95. The number of aliphatic carboxylic acids is 1. The molecular formula is C13H19NO3. The van der Waals surface area contributed by atoms with Crippen LogP contribution in [-0.4, -0.2) is 35.0 Å². The van der Waals surface area contributed by atoms with Crippen molar-refractivity contribution in [1.82, 2.24) is 4.90 Å². The number of carbonyl (C=O) groups is 2. The number of nitrogens with zero attached hydrogens (tertiary/aromatic N) is 1. The summed E-state index contributed by atoms with van der Waals surface area (Å²) >= 11 is 0. The van der Waals surface area contributed by atoms with E-state index in [2.05, 4.69) is 0 Å². The molecule has 1 heterocycles. The van der Waals surface area contributed by atoms with E-state index < -0.39 is 5.97 Å². The molecule has 4 atom stereocenters. The normalized spacial score (nSPS) is 43.6. The Labute approximate surface area is 101 Å². The van der Waals surface area contributed by atoms with Crippen LogP contribution in [0.25, 0.3) is 0 Å². The average molecular weight is 237 g/mol. The first-order valence-corrected chi connectivity index (χ1v) is 6.61. The second kappa shape index (κ2) is 3.72. The van der Waals surface area contributed by atoms with E-state index in [-0.39, 0.29) is 23.7 Å². The zero-order valence-corrected chi connectivity index (χ0v) is 10.1. The summed E-state index contributed by atoms with van der Waals surface area (Å²) in [7, 11) is 0. The standard InChI is InChI=1S/C13H19NO3/c1-7-5-14(6-10(7)13(16)17)12(15)11-8-3-2-4-9(8)11/h7-11H,2-6H2,1H3,(H,16,17)/t7-,8?,9?,10-,11?/m1/s1. The number of hydrogen-bond donors (Lipinski definition) is 1. The summed E-state index contributed by atoms with van der Waals surface area (Å²) in [6, 6.07) is 0. The van der Waals surface area contributed by atoms with Gasteiger partial charge in [0.2, 0.25) is 5.91 Å². The molecule has 0 aromatic heterocycles. The van der Waals surface area contributed by atoms with Gasteiger partial charge in [-0.15, -0.1) is 0 Å². The van der Waals surface area contributed by atoms with E-state index in [4.69, 9.17) is 5.11 Å². The number of fused-ring (bicyclic) bond motifs is 1. The maximum atomic E-state index is 12.3. The lowest BCUT2D eigenvalue weighted by Gasteiger charge is -2.17. The minimum atomic E-state index is -0.760. The molecular weight excluding hydrogens is 218 g/mol. The minimum Gasteiger partial charge on any atom is -0.481 e. The van der Waals surface area contributed by atoms with Gasteiger partial charge < -0.3 is 10.0 Å². The maximum Gasteiger partial charge on any atom is 0.308 e. The van der Waals surface area contributed by atoms with Gasteiger partial charge in [0.25, 0.3) is 0 Å². The summed E-state index contributed by atoms with van der Waals surface area (Å²) in [6.07, 6.45) is 3.67. The molecule has 0 aromatic rings. The zero-order valence-electron chi connectivity index (χ0n) is 10.1. The Morgan fingerprint density at radius 3 is 2.35 bits per heavy atom. The minimum absolute atomic E-state index is 0.0926. The molecule has 4 nitrogen and oxygen atoms in total. The predicted molar refractivity (Wildman–Crippen MR) is 61.2 cm³/mol. The number of carboxylic acid groups (broad SMARTS) is 1. The van der Waals surface area contributed by atoms with Gasteiger partial charge in [0, 0.05) is 19.0 Å². The largest absolute Gasteiger partial charge is 0.481 e. The van der Waals surface area contributed by atoms with Gasteiger partial charge in [0.15, 0.2) is 0 Å².